The Morgan fingerprint density at radius 1 is 1.41 bits per heavy atom. The van der Waals surface area contributed by atoms with Gasteiger partial charge in [-0.3, -0.25) is 4.79 Å². The Kier molecular flexibility index (Phi) is 3.82. The van der Waals surface area contributed by atoms with E-state index < -0.39 is 5.97 Å². The van der Waals surface area contributed by atoms with Crippen LogP contribution in [-0.4, -0.2) is 11.1 Å². The third-order valence-electron chi connectivity index (χ3n) is 3.79. The maximum atomic E-state index is 11.4. The van der Waals surface area contributed by atoms with Gasteiger partial charge in [-0.1, -0.05) is 44.0 Å². The molecule has 1 aliphatic carbocycles. The van der Waals surface area contributed by atoms with Crippen molar-refractivity contribution in [3.05, 3.63) is 35.4 Å². The maximum Gasteiger partial charge on any atom is 0.310 e. The lowest BCUT2D eigenvalue weighted by atomic mass is 9.75. The van der Waals surface area contributed by atoms with Gasteiger partial charge in [0.2, 0.25) is 0 Å². The van der Waals surface area contributed by atoms with Crippen LogP contribution in [0.25, 0.3) is 0 Å². The lowest BCUT2D eigenvalue weighted by Crippen LogP contribution is -2.17. The van der Waals surface area contributed by atoms with Gasteiger partial charge in [0.05, 0.1) is 5.92 Å². The highest BCUT2D eigenvalue weighted by Crippen LogP contribution is 2.40. The molecule has 1 aromatic carbocycles. The fourth-order valence-electron chi connectivity index (χ4n) is 2.62. The largest absolute Gasteiger partial charge is 0.481 e. The van der Waals surface area contributed by atoms with Crippen molar-refractivity contribution in [2.45, 2.75) is 50.9 Å². The van der Waals surface area contributed by atoms with Gasteiger partial charge in [-0.2, -0.15) is 0 Å². The van der Waals surface area contributed by atoms with E-state index in [0.29, 0.717) is 5.92 Å². The molecule has 17 heavy (non-hydrogen) atoms. The van der Waals surface area contributed by atoms with Crippen molar-refractivity contribution in [3.63, 3.8) is 0 Å². The maximum absolute atomic E-state index is 11.4. The summed E-state index contributed by atoms with van der Waals surface area (Å²) in [5.41, 5.74) is 2.33. The van der Waals surface area contributed by atoms with E-state index >= 15 is 0 Å². The van der Waals surface area contributed by atoms with Crippen LogP contribution in [-0.2, 0) is 4.79 Å². The van der Waals surface area contributed by atoms with Crippen molar-refractivity contribution < 1.29 is 9.90 Å². The van der Waals surface area contributed by atoms with Crippen molar-refractivity contribution >= 4 is 5.97 Å². The van der Waals surface area contributed by atoms with Crippen LogP contribution in [0.2, 0.25) is 0 Å². The number of benzene rings is 1. The molecule has 0 saturated heterocycles. The van der Waals surface area contributed by atoms with Gasteiger partial charge in [-0.15, -0.1) is 0 Å². The van der Waals surface area contributed by atoms with Crippen LogP contribution in [0.3, 0.4) is 0 Å². The molecule has 1 fully saturated rings. The monoisotopic (exact) mass is 232 g/mol. The molecule has 0 radical (unpaired) electrons. The van der Waals surface area contributed by atoms with E-state index in [0.717, 1.165) is 18.4 Å². The standard InChI is InChI=1S/C15H20O2/c1-2-6-14(15(16)17)13-10-4-3-9-12(13)11-7-5-8-11/h3-4,9-11,14H,2,5-8H2,1H3,(H,16,17). The summed E-state index contributed by atoms with van der Waals surface area (Å²) >= 11 is 0. The summed E-state index contributed by atoms with van der Waals surface area (Å²) in [6.07, 6.45) is 5.37. The second kappa shape index (κ2) is 5.35. The highest BCUT2D eigenvalue weighted by molar-refractivity contribution is 5.76. The number of carbonyl (C=O) groups is 1. The second-order valence-electron chi connectivity index (χ2n) is 4.94. The normalized spacial score (nSPS) is 17.5. The highest BCUT2D eigenvalue weighted by Gasteiger charge is 2.27. The first-order valence-corrected chi connectivity index (χ1v) is 6.55. The zero-order chi connectivity index (χ0) is 12.3. The molecule has 0 amide bonds. The summed E-state index contributed by atoms with van der Waals surface area (Å²) in [4.78, 5) is 11.4. The van der Waals surface area contributed by atoms with E-state index in [1.807, 2.05) is 25.1 Å². The molecule has 0 heterocycles. The van der Waals surface area contributed by atoms with E-state index in [2.05, 4.69) is 6.07 Å². The smallest absolute Gasteiger partial charge is 0.310 e. The molecule has 1 aliphatic rings. The summed E-state index contributed by atoms with van der Waals surface area (Å²) in [5.74, 6) is -0.402. The average molecular weight is 232 g/mol. The van der Waals surface area contributed by atoms with Gasteiger partial charge >= 0.3 is 5.97 Å². The van der Waals surface area contributed by atoms with E-state index in [9.17, 15) is 9.90 Å². The predicted molar refractivity (Wildman–Crippen MR) is 68.3 cm³/mol. The van der Waals surface area contributed by atoms with Crippen molar-refractivity contribution in [2.75, 3.05) is 0 Å². The SMILES string of the molecule is CCCC(C(=O)O)c1ccccc1C1CCC1. The quantitative estimate of drug-likeness (QED) is 0.835. The lowest BCUT2D eigenvalue weighted by Gasteiger charge is -2.29. The molecule has 92 valence electrons. The van der Waals surface area contributed by atoms with Crippen LogP contribution in [0.15, 0.2) is 24.3 Å². The highest BCUT2D eigenvalue weighted by atomic mass is 16.4. The number of carboxylic acid groups (broad SMARTS) is 1. The fourth-order valence-corrected chi connectivity index (χ4v) is 2.62. The average Bonchev–Trinajstić information content (AvgIpc) is 2.24. The Balaban J connectivity index is 2.31. The first-order valence-electron chi connectivity index (χ1n) is 6.55. The Morgan fingerprint density at radius 2 is 2.12 bits per heavy atom. The van der Waals surface area contributed by atoms with E-state index in [1.165, 1.54) is 24.8 Å². The summed E-state index contributed by atoms with van der Waals surface area (Å²) < 4.78 is 0. The topological polar surface area (TPSA) is 37.3 Å². The van der Waals surface area contributed by atoms with Gasteiger partial charge < -0.3 is 5.11 Å². The zero-order valence-electron chi connectivity index (χ0n) is 10.4. The third-order valence-corrected chi connectivity index (χ3v) is 3.79. The number of carboxylic acids is 1. The molecule has 0 aliphatic heterocycles. The lowest BCUT2D eigenvalue weighted by molar-refractivity contribution is -0.139. The van der Waals surface area contributed by atoms with Crippen molar-refractivity contribution in [1.29, 1.82) is 0 Å². The van der Waals surface area contributed by atoms with Crippen LogP contribution in [0.1, 0.15) is 62.0 Å². The number of rotatable bonds is 5. The molecule has 2 heteroatoms. The van der Waals surface area contributed by atoms with Gasteiger partial charge in [-0.25, -0.2) is 0 Å². The van der Waals surface area contributed by atoms with Crippen LogP contribution >= 0.6 is 0 Å². The summed E-state index contributed by atoms with van der Waals surface area (Å²) in [6, 6.07) is 8.11. The molecule has 0 spiro atoms. The first-order chi connectivity index (χ1) is 8.24. The molecule has 1 saturated carbocycles. The van der Waals surface area contributed by atoms with Gasteiger partial charge in [0.15, 0.2) is 0 Å². The summed E-state index contributed by atoms with van der Waals surface area (Å²) in [5, 5.41) is 9.35. The number of hydrogen-bond donors (Lipinski definition) is 1. The van der Waals surface area contributed by atoms with Gasteiger partial charge in [0.1, 0.15) is 0 Å². The number of hydrogen-bond acceptors (Lipinski definition) is 1. The Morgan fingerprint density at radius 3 is 2.65 bits per heavy atom. The van der Waals surface area contributed by atoms with Crippen LogP contribution in [0.5, 0.6) is 0 Å². The first kappa shape index (κ1) is 12.2. The summed E-state index contributed by atoms with van der Waals surface area (Å²) in [6.45, 7) is 2.04. The van der Waals surface area contributed by atoms with Crippen molar-refractivity contribution in [2.24, 2.45) is 0 Å². The minimum Gasteiger partial charge on any atom is -0.481 e. The van der Waals surface area contributed by atoms with Crippen LogP contribution < -0.4 is 0 Å². The van der Waals surface area contributed by atoms with Crippen molar-refractivity contribution in [1.82, 2.24) is 0 Å². The molecule has 0 aromatic heterocycles. The van der Waals surface area contributed by atoms with E-state index in [4.69, 9.17) is 0 Å². The van der Waals surface area contributed by atoms with E-state index in [1.54, 1.807) is 0 Å². The third kappa shape index (κ3) is 2.51. The molecule has 1 unspecified atom stereocenters. The molecular weight excluding hydrogens is 212 g/mol. The van der Waals surface area contributed by atoms with Crippen molar-refractivity contribution in [3.8, 4) is 0 Å². The second-order valence-corrected chi connectivity index (χ2v) is 4.94. The predicted octanol–water partition coefficient (Wildman–Crippen LogP) is 3.92. The Hall–Kier alpha value is -1.31. The van der Waals surface area contributed by atoms with Gasteiger partial charge in [0.25, 0.3) is 0 Å². The molecular formula is C15H20O2. The summed E-state index contributed by atoms with van der Waals surface area (Å²) in [7, 11) is 0. The van der Waals surface area contributed by atoms with Crippen LogP contribution in [0, 0.1) is 0 Å². The van der Waals surface area contributed by atoms with E-state index in [-0.39, 0.29) is 5.92 Å². The Labute approximate surface area is 103 Å². The zero-order valence-corrected chi connectivity index (χ0v) is 10.4. The molecule has 1 aromatic rings. The number of aliphatic carboxylic acids is 1. The molecule has 1 atom stereocenters. The van der Waals surface area contributed by atoms with Gasteiger partial charge in [0, 0.05) is 0 Å². The molecule has 2 nitrogen and oxygen atoms in total. The van der Waals surface area contributed by atoms with Crippen LogP contribution in [0.4, 0.5) is 0 Å². The molecule has 2 rings (SSSR count). The minimum atomic E-state index is -0.682. The molecule has 1 N–H and O–H groups in total. The van der Waals surface area contributed by atoms with Gasteiger partial charge in [-0.05, 0) is 36.3 Å². The minimum absolute atomic E-state index is 0.322. The fraction of sp³-hybridized carbons (Fsp3) is 0.533. The molecule has 0 bridgehead atoms. The Bertz CT molecular complexity index is 394.